The molecule has 3 aromatic rings. The van der Waals surface area contributed by atoms with Crippen LogP contribution in [0.3, 0.4) is 0 Å². The van der Waals surface area contributed by atoms with Crippen LogP contribution in [0.5, 0.6) is 5.75 Å². The van der Waals surface area contributed by atoms with Gasteiger partial charge in [-0.25, -0.2) is 0 Å². The lowest BCUT2D eigenvalue weighted by atomic mass is 10.1. The average Bonchev–Trinajstić information content (AvgIpc) is 3.16. The van der Waals surface area contributed by atoms with Crippen molar-refractivity contribution in [3.63, 3.8) is 0 Å². The van der Waals surface area contributed by atoms with Crippen molar-refractivity contribution in [1.82, 2.24) is 0 Å². The molecule has 30 heavy (non-hydrogen) atoms. The molecule has 5 nitrogen and oxygen atoms in total. The number of benzene rings is 3. The molecule has 1 heterocycles. The highest BCUT2D eigenvalue weighted by atomic mass is 16.5. The van der Waals surface area contributed by atoms with Gasteiger partial charge >= 0.3 is 0 Å². The zero-order chi connectivity index (χ0) is 20.9. The SMILES string of the molecule is Cc1ccc(N2CC(C(=O)Nc3ccc(OCc4ccccc4)cc3)CC2=O)cc1. The molecule has 4 rings (SSSR count). The van der Waals surface area contributed by atoms with E-state index in [0.29, 0.717) is 18.8 Å². The molecule has 152 valence electrons. The van der Waals surface area contributed by atoms with Crippen molar-refractivity contribution >= 4 is 23.2 Å². The quantitative estimate of drug-likeness (QED) is 0.660. The summed E-state index contributed by atoms with van der Waals surface area (Å²) in [5.74, 6) is 0.200. The highest BCUT2D eigenvalue weighted by Gasteiger charge is 2.35. The number of carbonyl (C=O) groups excluding carboxylic acids is 2. The van der Waals surface area contributed by atoms with E-state index in [-0.39, 0.29) is 24.2 Å². The van der Waals surface area contributed by atoms with Crippen LogP contribution in [0.2, 0.25) is 0 Å². The Kier molecular flexibility index (Phi) is 5.80. The molecule has 1 aliphatic rings. The third-order valence-electron chi connectivity index (χ3n) is 5.21. The maximum Gasteiger partial charge on any atom is 0.229 e. The molecule has 3 aromatic carbocycles. The van der Waals surface area contributed by atoms with Gasteiger partial charge in [0.15, 0.2) is 0 Å². The van der Waals surface area contributed by atoms with Gasteiger partial charge < -0.3 is 15.0 Å². The molecule has 1 saturated heterocycles. The zero-order valence-electron chi connectivity index (χ0n) is 16.9. The van der Waals surface area contributed by atoms with Crippen LogP contribution in [0, 0.1) is 12.8 Å². The lowest BCUT2D eigenvalue weighted by molar-refractivity contribution is -0.122. The van der Waals surface area contributed by atoms with Gasteiger partial charge in [0.2, 0.25) is 11.8 Å². The lowest BCUT2D eigenvalue weighted by Gasteiger charge is -2.17. The van der Waals surface area contributed by atoms with E-state index in [1.54, 1.807) is 4.90 Å². The van der Waals surface area contributed by atoms with Crippen molar-refractivity contribution in [2.24, 2.45) is 5.92 Å². The molecule has 1 fully saturated rings. The maximum absolute atomic E-state index is 12.7. The Morgan fingerprint density at radius 2 is 1.70 bits per heavy atom. The Bertz CT molecular complexity index is 1010. The molecule has 0 aliphatic carbocycles. The van der Waals surface area contributed by atoms with Crippen molar-refractivity contribution in [3.8, 4) is 5.75 Å². The summed E-state index contributed by atoms with van der Waals surface area (Å²) in [6.07, 6.45) is 0.220. The minimum atomic E-state index is -0.368. The molecule has 5 heteroatoms. The number of amides is 2. The van der Waals surface area contributed by atoms with Crippen LogP contribution in [0.25, 0.3) is 0 Å². The van der Waals surface area contributed by atoms with Crippen molar-refractivity contribution < 1.29 is 14.3 Å². The number of carbonyl (C=O) groups is 2. The van der Waals surface area contributed by atoms with E-state index in [1.807, 2.05) is 85.8 Å². The standard InChI is InChI=1S/C25H24N2O3/c1-18-7-11-22(12-8-18)27-16-20(15-24(27)28)25(29)26-21-9-13-23(14-10-21)30-17-19-5-3-2-4-6-19/h2-14,20H,15-17H2,1H3,(H,26,29). The summed E-state index contributed by atoms with van der Waals surface area (Å²) in [6, 6.07) is 25.0. The van der Waals surface area contributed by atoms with Gasteiger partial charge in [-0.1, -0.05) is 48.0 Å². The molecule has 0 bridgehead atoms. The molecular weight excluding hydrogens is 376 g/mol. The number of hydrogen-bond donors (Lipinski definition) is 1. The molecule has 0 aromatic heterocycles. The van der Waals surface area contributed by atoms with Gasteiger partial charge in [0.1, 0.15) is 12.4 Å². The highest BCUT2D eigenvalue weighted by Crippen LogP contribution is 2.26. The van der Waals surface area contributed by atoms with Crippen molar-refractivity contribution in [3.05, 3.63) is 90.0 Å². The van der Waals surface area contributed by atoms with Crippen LogP contribution in [0.15, 0.2) is 78.9 Å². The van der Waals surface area contributed by atoms with Crippen molar-refractivity contribution in [2.45, 2.75) is 20.0 Å². The third kappa shape index (κ3) is 4.69. The van der Waals surface area contributed by atoms with E-state index >= 15 is 0 Å². The Balaban J connectivity index is 1.32. The van der Waals surface area contributed by atoms with Gasteiger partial charge in [0.05, 0.1) is 5.92 Å². The normalized spacial score (nSPS) is 15.8. The van der Waals surface area contributed by atoms with Gasteiger partial charge in [-0.2, -0.15) is 0 Å². The number of hydrogen-bond acceptors (Lipinski definition) is 3. The van der Waals surface area contributed by atoms with Crippen LogP contribution < -0.4 is 15.0 Å². The monoisotopic (exact) mass is 400 g/mol. The summed E-state index contributed by atoms with van der Waals surface area (Å²) in [5, 5.41) is 2.91. The number of anilines is 2. The van der Waals surface area contributed by atoms with Crippen LogP contribution in [-0.2, 0) is 16.2 Å². The second kappa shape index (κ2) is 8.82. The number of nitrogens with one attached hydrogen (secondary N) is 1. The van der Waals surface area contributed by atoms with Crippen molar-refractivity contribution in [1.29, 1.82) is 0 Å². The van der Waals surface area contributed by atoms with E-state index in [4.69, 9.17) is 4.74 Å². The number of rotatable bonds is 6. The second-order valence-corrected chi connectivity index (χ2v) is 7.53. The summed E-state index contributed by atoms with van der Waals surface area (Å²) in [4.78, 5) is 26.7. The summed E-state index contributed by atoms with van der Waals surface area (Å²) in [6.45, 7) is 2.89. The summed E-state index contributed by atoms with van der Waals surface area (Å²) in [7, 11) is 0. The van der Waals surface area contributed by atoms with Gasteiger partial charge in [0.25, 0.3) is 0 Å². The number of nitrogens with zero attached hydrogens (tertiary/aromatic N) is 1. The maximum atomic E-state index is 12.7. The molecule has 1 unspecified atom stereocenters. The zero-order valence-corrected chi connectivity index (χ0v) is 16.9. The third-order valence-corrected chi connectivity index (χ3v) is 5.21. The first-order valence-electron chi connectivity index (χ1n) is 10.0. The van der Waals surface area contributed by atoms with Gasteiger partial charge in [-0.3, -0.25) is 9.59 Å². The molecule has 1 atom stereocenters. The molecule has 1 aliphatic heterocycles. The fourth-order valence-electron chi connectivity index (χ4n) is 3.48. The minimum Gasteiger partial charge on any atom is -0.489 e. The molecule has 0 radical (unpaired) electrons. The Hall–Kier alpha value is -3.60. The topological polar surface area (TPSA) is 58.6 Å². The Morgan fingerprint density at radius 3 is 2.40 bits per heavy atom. The molecule has 0 saturated carbocycles. The highest BCUT2D eigenvalue weighted by molar-refractivity contribution is 6.03. The van der Waals surface area contributed by atoms with Gasteiger partial charge in [-0.15, -0.1) is 0 Å². The van der Waals surface area contributed by atoms with E-state index in [2.05, 4.69) is 5.32 Å². The molecule has 2 amide bonds. The summed E-state index contributed by atoms with van der Waals surface area (Å²) >= 11 is 0. The second-order valence-electron chi connectivity index (χ2n) is 7.53. The van der Waals surface area contributed by atoms with Crippen LogP contribution in [0.1, 0.15) is 17.5 Å². The van der Waals surface area contributed by atoms with Gasteiger partial charge in [-0.05, 0) is 48.9 Å². The molecule has 1 N–H and O–H groups in total. The first-order chi connectivity index (χ1) is 14.6. The number of ether oxygens (including phenoxy) is 1. The van der Waals surface area contributed by atoms with E-state index < -0.39 is 0 Å². The predicted molar refractivity (Wildman–Crippen MR) is 117 cm³/mol. The first-order valence-corrected chi connectivity index (χ1v) is 10.0. The Morgan fingerprint density at radius 1 is 1.00 bits per heavy atom. The fourth-order valence-corrected chi connectivity index (χ4v) is 3.48. The smallest absolute Gasteiger partial charge is 0.229 e. The summed E-state index contributed by atoms with van der Waals surface area (Å²) < 4.78 is 5.77. The molecule has 0 spiro atoms. The lowest BCUT2D eigenvalue weighted by Crippen LogP contribution is -2.28. The van der Waals surface area contributed by atoms with Crippen LogP contribution in [-0.4, -0.2) is 18.4 Å². The number of aryl methyl sites for hydroxylation is 1. The molecular formula is C25H24N2O3. The van der Waals surface area contributed by atoms with Crippen LogP contribution in [0.4, 0.5) is 11.4 Å². The largest absolute Gasteiger partial charge is 0.489 e. The predicted octanol–water partition coefficient (Wildman–Crippen LogP) is 4.57. The first kappa shape index (κ1) is 19.7. The van der Waals surface area contributed by atoms with E-state index in [1.165, 1.54) is 0 Å². The summed E-state index contributed by atoms with van der Waals surface area (Å²) in [5.41, 5.74) is 3.75. The van der Waals surface area contributed by atoms with E-state index in [9.17, 15) is 9.59 Å². The average molecular weight is 400 g/mol. The van der Waals surface area contributed by atoms with E-state index in [0.717, 1.165) is 22.6 Å². The van der Waals surface area contributed by atoms with Crippen molar-refractivity contribution in [2.75, 3.05) is 16.8 Å². The van der Waals surface area contributed by atoms with Crippen LogP contribution >= 0.6 is 0 Å². The van der Waals surface area contributed by atoms with Gasteiger partial charge in [0, 0.05) is 24.3 Å². The minimum absolute atomic E-state index is 0.0244. The fraction of sp³-hybridized carbons (Fsp3) is 0.200. The Labute approximate surface area is 176 Å².